The number of hydrogen-bond donors (Lipinski definition) is 1. The van der Waals surface area contributed by atoms with Crippen molar-refractivity contribution < 1.29 is 8.42 Å². The van der Waals surface area contributed by atoms with Crippen LogP contribution in [0.25, 0.3) is 0 Å². The summed E-state index contributed by atoms with van der Waals surface area (Å²) in [6.45, 7) is 3.79. The van der Waals surface area contributed by atoms with E-state index in [0.29, 0.717) is 9.90 Å². The fourth-order valence-corrected chi connectivity index (χ4v) is 4.75. The molecule has 18 heavy (non-hydrogen) atoms. The van der Waals surface area contributed by atoms with Crippen LogP contribution in [-0.2, 0) is 10.0 Å². The van der Waals surface area contributed by atoms with Crippen molar-refractivity contribution in [3.05, 3.63) is 45.2 Å². The van der Waals surface area contributed by atoms with Crippen molar-refractivity contribution in [1.29, 1.82) is 0 Å². The summed E-state index contributed by atoms with van der Waals surface area (Å²) in [6.07, 6.45) is 0. The van der Waals surface area contributed by atoms with Gasteiger partial charge in [-0.05, 0) is 59.1 Å². The van der Waals surface area contributed by atoms with Gasteiger partial charge in [0.2, 0.25) is 0 Å². The minimum Gasteiger partial charge on any atom is -0.279 e. The zero-order chi connectivity index (χ0) is 13.3. The van der Waals surface area contributed by atoms with Gasteiger partial charge in [0.15, 0.2) is 0 Å². The third-order valence-corrected chi connectivity index (χ3v) is 6.36. The highest BCUT2D eigenvalue weighted by Gasteiger charge is 2.18. The van der Waals surface area contributed by atoms with Gasteiger partial charge in [0.05, 0.1) is 3.79 Å². The van der Waals surface area contributed by atoms with Gasteiger partial charge in [0, 0.05) is 5.69 Å². The highest BCUT2D eigenvalue weighted by Crippen LogP contribution is 2.31. The van der Waals surface area contributed by atoms with Crippen LogP contribution in [0.15, 0.2) is 38.3 Å². The zero-order valence-electron chi connectivity index (χ0n) is 9.90. The first-order valence-corrected chi connectivity index (χ1v) is 8.33. The molecule has 0 saturated heterocycles. The number of thiophene rings is 1. The van der Waals surface area contributed by atoms with Crippen molar-refractivity contribution in [2.45, 2.75) is 18.1 Å². The maximum absolute atomic E-state index is 12.2. The molecule has 1 aromatic carbocycles. The SMILES string of the molecule is Cc1cccc(NS(=O)(=O)c2cc(C)c(Br)s2)c1. The van der Waals surface area contributed by atoms with Crippen LogP contribution in [0.4, 0.5) is 5.69 Å². The number of nitrogens with one attached hydrogen (secondary N) is 1. The molecule has 0 aliphatic rings. The maximum Gasteiger partial charge on any atom is 0.271 e. The lowest BCUT2D eigenvalue weighted by atomic mass is 10.2. The molecule has 0 bridgehead atoms. The zero-order valence-corrected chi connectivity index (χ0v) is 13.1. The smallest absolute Gasteiger partial charge is 0.271 e. The average molecular weight is 346 g/mol. The molecule has 0 aliphatic heterocycles. The minimum atomic E-state index is -3.49. The third-order valence-electron chi connectivity index (χ3n) is 2.37. The van der Waals surface area contributed by atoms with Crippen LogP contribution >= 0.6 is 27.3 Å². The summed E-state index contributed by atoms with van der Waals surface area (Å²) in [6, 6.07) is 8.94. The maximum atomic E-state index is 12.2. The Hall–Kier alpha value is -0.850. The molecule has 96 valence electrons. The number of sulfonamides is 1. The summed E-state index contributed by atoms with van der Waals surface area (Å²) in [7, 11) is -3.49. The molecule has 3 nitrogen and oxygen atoms in total. The number of anilines is 1. The van der Waals surface area contributed by atoms with Crippen molar-refractivity contribution in [3.63, 3.8) is 0 Å². The monoisotopic (exact) mass is 345 g/mol. The van der Waals surface area contributed by atoms with Gasteiger partial charge in [-0.15, -0.1) is 11.3 Å². The lowest BCUT2D eigenvalue weighted by molar-refractivity contribution is 0.603. The Labute approximate surface area is 119 Å². The predicted molar refractivity (Wildman–Crippen MR) is 78.7 cm³/mol. The summed E-state index contributed by atoms with van der Waals surface area (Å²) >= 11 is 4.54. The molecule has 2 rings (SSSR count). The second kappa shape index (κ2) is 5.03. The van der Waals surface area contributed by atoms with E-state index < -0.39 is 10.0 Å². The predicted octanol–water partition coefficient (Wildman–Crippen LogP) is 3.93. The van der Waals surface area contributed by atoms with E-state index in [2.05, 4.69) is 20.7 Å². The largest absolute Gasteiger partial charge is 0.279 e. The quantitative estimate of drug-likeness (QED) is 0.915. The number of hydrogen-bond acceptors (Lipinski definition) is 3. The number of benzene rings is 1. The van der Waals surface area contributed by atoms with Crippen molar-refractivity contribution in [3.8, 4) is 0 Å². The van der Waals surface area contributed by atoms with Crippen LogP contribution < -0.4 is 4.72 Å². The van der Waals surface area contributed by atoms with E-state index >= 15 is 0 Å². The van der Waals surface area contributed by atoms with E-state index in [4.69, 9.17) is 0 Å². The molecule has 0 atom stereocenters. The summed E-state index contributed by atoms with van der Waals surface area (Å²) in [4.78, 5) is 0. The van der Waals surface area contributed by atoms with Crippen LogP contribution in [0.2, 0.25) is 0 Å². The lowest BCUT2D eigenvalue weighted by Gasteiger charge is -2.06. The van der Waals surface area contributed by atoms with Crippen molar-refractivity contribution in [2.24, 2.45) is 0 Å². The lowest BCUT2D eigenvalue weighted by Crippen LogP contribution is -2.11. The summed E-state index contributed by atoms with van der Waals surface area (Å²) in [5.41, 5.74) is 2.51. The molecule has 1 heterocycles. The minimum absolute atomic E-state index is 0.313. The fraction of sp³-hybridized carbons (Fsp3) is 0.167. The molecule has 1 aromatic heterocycles. The van der Waals surface area contributed by atoms with Gasteiger partial charge in [-0.3, -0.25) is 4.72 Å². The van der Waals surface area contributed by atoms with Crippen molar-refractivity contribution in [1.82, 2.24) is 0 Å². The molecule has 2 aromatic rings. The molecular formula is C12H12BrNO2S2. The second-order valence-electron chi connectivity index (χ2n) is 4.00. The molecule has 0 unspecified atom stereocenters. The Morgan fingerprint density at radius 1 is 1.22 bits per heavy atom. The number of aryl methyl sites for hydroxylation is 2. The molecule has 0 spiro atoms. The van der Waals surface area contributed by atoms with Crippen LogP contribution in [0.5, 0.6) is 0 Å². The standard InChI is InChI=1S/C12H12BrNO2S2/c1-8-4-3-5-10(6-8)14-18(15,16)11-7-9(2)12(13)17-11/h3-7,14H,1-2H3. The topological polar surface area (TPSA) is 46.2 Å². The molecular weight excluding hydrogens is 334 g/mol. The van der Waals surface area contributed by atoms with Crippen molar-refractivity contribution >= 4 is 43.0 Å². The van der Waals surface area contributed by atoms with E-state index in [-0.39, 0.29) is 0 Å². The van der Waals surface area contributed by atoms with Crippen molar-refractivity contribution in [2.75, 3.05) is 4.72 Å². The van der Waals surface area contributed by atoms with E-state index in [9.17, 15) is 8.42 Å². The van der Waals surface area contributed by atoms with Gasteiger partial charge < -0.3 is 0 Å². The van der Waals surface area contributed by atoms with Gasteiger partial charge in [-0.2, -0.15) is 0 Å². The number of halogens is 1. The first kappa shape index (κ1) is 13.6. The highest BCUT2D eigenvalue weighted by molar-refractivity contribution is 9.11. The van der Waals surface area contributed by atoms with E-state index in [1.165, 1.54) is 11.3 Å². The molecule has 0 fully saturated rings. The Morgan fingerprint density at radius 3 is 2.50 bits per heavy atom. The van der Waals surface area contributed by atoms with Gasteiger partial charge >= 0.3 is 0 Å². The van der Waals surface area contributed by atoms with Gasteiger partial charge in [-0.25, -0.2) is 8.42 Å². The van der Waals surface area contributed by atoms with Gasteiger partial charge in [0.1, 0.15) is 4.21 Å². The third kappa shape index (κ3) is 2.93. The van der Waals surface area contributed by atoms with E-state index in [0.717, 1.165) is 14.9 Å². The Bertz CT molecular complexity index is 658. The molecule has 0 aliphatic carbocycles. The van der Waals surface area contributed by atoms with Gasteiger partial charge in [0.25, 0.3) is 10.0 Å². The number of rotatable bonds is 3. The summed E-state index contributed by atoms with van der Waals surface area (Å²) in [5, 5.41) is 0. The summed E-state index contributed by atoms with van der Waals surface area (Å²) < 4.78 is 28.0. The average Bonchev–Trinajstić information content (AvgIpc) is 2.59. The molecule has 6 heteroatoms. The first-order chi connectivity index (χ1) is 8.38. The van der Waals surface area contributed by atoms with Crippen LogP contribution in [0.3, 0.4) is 0 Å². The molecule has 0 radical (unpaired) electrons. The second-order valence-corrected chi connectivity index (χ2v) is 8.28. The van der Waals surface area contributed by atoms with Crippen LogP contribution in [-0.4, -0.2) is 8.42 Å². The highest BCUT2D eigenvalue weighted by atomic mass is 79.9. The van der Waals surface area contributed by atoms with Crippen LogP contribution in [0.1, 0.15) is 11.1 Å². The summed E-state index contributed by atoms with van der Waals surface area (Å²) in [5.74, 6) is 0. The van der Waals surface area contributed by atoms with Gasteiger partial charge in [-0.1, -0.05) is 12.1 Å². The molecule has 0 saturated carbocycles. The van der Waals surface area contributed by atoms with E-state index in [1.807, 2.05) is 26.0 Å². The van der Waals surface area contributed by atoms with E-state index in [1.54, 1.807) is 18.2 Å². The first-order valence-electron chi connectivity index (χ1n) is 5.24. The van der Waals surface area contributed by atoms with Crippen LogP contribution in [0, 0.1) is 13.8 Å². The Balaban J connectivity index is 2.33. The Kier molecular flexibility index (Phi) is 3.79. The molecule has 1 N–H and O–H groups in total. The molecule has 0 amide bonds. The Morgan fingerprint density at radius 2 is 1.94 bits per heavy atom. The normalized spacial score (nSPS) is 11.5. The fourth-order valence-electron chi connectivity index (χ4n) is 1.48.